The summed E-state index contributed by atoms with van der Waals surface area (Å²) in [6.07, 6.45) is -1.13. The standard InChI is InChI=1S/C23H23ClN2O6S/c1-14(2)26-33(29,30)17-10-8-16(9-11-17)25-22(27)15(3)31-23(28)21-13-12-20(32-21)18-6-4-5-7-19(18)24/h4-15,26H,1-3H3,(H,25,27)/t15-/m0/s1. The number of rotatable bonds is 8. The highest BCUT2D eigenvalue weighted by Crippen LogP contribution is 2.29. The van der Waals surface area contributed by atoms with E-state index in [1.54, 1.807) is 44.2 Å². The quantitative estimate of drug-likeness (QED) is 0.450. The van der Waals surface area contributed by atoms with Crippen LogP contribution in [0.2, 0.25) is 5.02 Å². The smallest absolute Gasteiger partial charge is 0.375 e. The van der Waals surface area contributed by atoms with Gasteiger partial charge in [0.1, 0.15) is 5.76 Å². The van der Waals surface area contributed by atoms with Gasteiger partial charge in [-0.1, -0.05) is 23.7 Å². The summed E-state index contributed by atoms with van der Waals surface area (Å²) in [6, 6.07) is 15.4. The first-order valence-corrected chi connectivity index (χ1v) is 11.9. The lowest BCUT2D eigenvalue weighted by molar-refractivity contribution is -0.123. The second kappa shape index (κ2) is 10.2. The number of benzene rings is 2. The van der Waals surface area contributed by atoms with Crippen LogP contribution in [0.4, 0.5) is 5.69 Å². The SMILES string of the molecule is CC(C)NS(=O)(=O)c1ccc(NC(=O)[C@H](C)OC(=O)c2ccc(-c3ccccc3Cl)o2)cc1. The van der Waals surface area contributed by atoms with Gasteiger partial charge in [0, 0.05) is 17.3 Å². The third-order valence-electron chi connectivity index (χ3n) is 4.42. The molecule has 10 heteroatoms. The van der Waals surface area contributed by atoms with Gasteiger partial charge in [-0.25, -0.2) is 17.9 Å². The van der Waals surface area contributed by atoms with Gasteiger partial charge < -0.3 is 14.5 Å². The van der Waals surface area contributed by atoms with Crippen molar-refractivity contribution in [1.29, 1.82) is 0 Å². The Kier molecular flexibility index (Phi) is 7.57. The summed E-state index contributed by atoms with van der Waals surface area (Å²) in [6.45, 7) is 4.85. The largest absolute Gasteiger partial charge is 0.449 e. The molecular formula is C23H23ClN2O6S. The Hall–Kier alpha value is -3.14. The second-order valence-corrected chi connectivity index (χ2v) is 9.60. The van der Waals surface area contributed by atoms with Crippen LogP contribution in [0, 0.1) is 0 Å². The van der Waals surface area contributed by atoms with Crippen molar-refractivity contribution in [2.45, 2.75) is 37.8 Å². The fraction of sp³-hybridized carbons (Fsp3) is 0.217. The maximum Gasteiger partial charge on any atom is 0.375 e. The van der Waals surface area contributed by atoms with E-state index in [0.29, 0.717) is 22.0 Å². The summed E-state index contributed by atoms with van der Waals surface area (Å²) >= 11 is 6.14. The molecule has 0 spiro atoms. The minimum atomic E-state index is -3.64. The molecule has 0 unspecified atom stereocenters. The van der Waals surface area contributed by atoms with E-state index in [-0.39, 0.29) is 16.7 Å². The van der Waals surface area contributed by atoms with Crippen LogP contribution in [0.1, 0.15) is 31.3 Å². The zero-order valence-corrected chi connectivity index (χ0v) is 19.7. The fourth-order valence-corrected chi connectivity index (χ4v) is 4.35. The maximum atomic E-state index is 12.4. The molecule has 1 amide bonds. The number of furan rings is 1. The Morgan fingerprint density at radius 2 is 1.64 bits per heavy atom. The maximum absolute atomic E-state index is 12.4. The molecule has 1 aromatic heterocycles. The van der Waals surface area contributed by atoms with Crippen molar-refractivity contribution >= 4 is 39.2 Å². The van der Waals surface area contributed by atoms with Gasteiger partial charge in [-0.2, -0.15) is 0 Å². The first kappa shape index (κ1) is 24.5. The zero-order valence-electron chi connectivity index (χ0n) is 18.2. The van der Waals surface area contributed by atoms with Crippen molar-refractivity contribution in [2.24, 2.45) is 0 Å². The highest BCUT2D eigenvalue weighted by atomic mass is 35.5. The topological polar surface area (TPSA) is 115 Å². The lowest BCUT2D eigenvalue weighted by Crippen LogP contribution is -2.30. The normalized spacial score (nSPS) is 12.4. The molecule has 1 atom stereocenters. The van der Waals surface area contributed by atoms with Crippen molar-refractivity contribution in [2.75, 3.05) is 5.32 Å². The summed E-state index contributed by atoms with van der Waals surface area (Å²) < 4.78 is 37.6. The summed E-state index contributed by atoms with van der Waals surface area (Å²) in [5.41, 5.74) is 0.975. The monoisotopic (exact) mass is 490 g/mol. The average Bonchev–Trinajstić information content (AvgIpc) is 3.23. The number of amides is 1. The minimum Gasteiger partial charge on any atom is -0.449 e. The van der Waals surface area contributed by atoms with Gasteiger partial charge in [-0.05, 0) is 69.3 Å². The van der Waals surface area contributed by atoms with Crippen LogP contribution < -0.4 is 10.0 Å². The lowest BCUT2D eigenvalue weighted by atomic mass is 10.2. The molecule has 8 nitrogen and oxygen atoms in total. The van der Waals surface area contributed by atoms with E-state index < -0.39 is 28.0 Å². The number of sulfonamides is 1. The number of esters is 1. The number of carbonyl (C=O) groups excluding carboxylic acids is 2. The first-order chi connectivity index (χ1) is 15.6. The van der Waals surface area contributed by atoms with Crippen LogP contribution in [0.3, 0.4) is 0 Å². The highest BCUT2D eigenvalue weighted by Gasteiger charge is 2.22. The van der Waals surface area contributed by atoms with Crippen LogP contribution in [-0.4, -0.2) is 32.4 Å². The van der Waals surface area contributed by atoms with Gasteiger partial charge in [-0.3, -0.25) is 4.79 Å². The van der Waals surface area contributed by atoms with Crippen LogP contribution in [0.15, 0.2) is 70.0 Å². The molecule has 0 fully saturated rings. The number of nitrogens with one attached hydrogen (secondary N) is 2. The molecule has 0 aliphatic rings. The number of anilines is 1. The third-order valence-corrected chi connectivity index (χ3v) is 6.43. The van der Waals surface area contributed by atoms with Gasteiger partial charge in [0.05, 0.1) is 9.92 Å². The van der Waals surface area contributed by atoms with Crippen LogP contribution in [-0.2, 0) is 19.6 Å². The molecule has 33 heavy (non-hydrogen) atoms. The lowest BCUT2D eigenvalue weighted by Gasteiger charge is -2.13. The number of hydrogen-bond donors (Lipinski definition) is 2. The predicted octanol–water partition coefficient (Wildman–Crippen LogP) is 4.47. The van der Waals surface area contributed by atoms with Gasteiger partial charge in [0.2, 0.25) is 15.8 Å². The number of ether oxygens (including phenoxy) is 1. The predicted molar refractivity (Wildman–Crippen MR) is 125 cm³/mol. The van der Waals surface area contributed by atoms with Crippen molar-refractivity contribution in [3.63, 3.8) is 0 Å². The van der Waals surface area contributed by atoms with Crippen molar-refractivity contribution in [3.8, 4) is 11.3 Å². The molecule has 3 rings (SSSR count). The van der Waals surface area contributed by atoms with E-state index in [1.165, 1.54) is 37.3 Å². The van der Waals surface area contributed by atoms with Gasteiger partial charge in [0.25, 0.3) is 5.91 Å². The molecule has 0 aliphatic carbocycles. The molecule has 0 saturated carbocycles. The average molecular weight is 491 g/mol. The van der Waals surface area contributed by atoms with E-state index in [9.17, 15) is 18.0 Å². The molecule has 2 N–H and O–H groups in total. The molecule has 0 bridgehead atoms. The Morgan fingerprint density at radius 1 is 0.970 bits per heavy atom. The Balaban J connectivity index is 1.61. The van der Waals surface area contributed by atoms with Crippen molar-refractivity contribution < 1.29 is 27.2 Å². The summed E-state index contributed by atoms with van der Waals surface area (Å²) in [5.74, 6) is -1.07. The van der Waals surface area contributed by atoms with Gasteiger partial charge in [0.15, 0.2) is 6.10 Å². The third kappa shape index (κ3) is 6.22. The van der Waals surface area contributed by atoms with E-state index in [2.05, 4.69) is 10.0 Å². The Bertz CT molecular complexity index is 1250. The molecule has 2 aromatic carbocycles. The zero-order chi connectivity index (χ0) is 24.2. The summed E-state index contributed by atoms with van der Waals surface area (Å²) in [5, 5.41) is 3.05. The highest BCUT2D eigenvalue weighted by molar-refractivity contribution is 7.89. The van der Waals surface area contributed by atoms with E-state index in [1.807, 2.05) is 0 Å². The van der Waals surface area contributed by atoms with Crippen LogP contribution in [0.25, 0.3) is 11.3 Å². The molecule has 0 aliphatic heterocycles. The van der Waals surface area contributed by atoms with Crippen LogP contribution >= 0.6 is 11.6 Å². The molecular weight excluding hydrogens is 468 g/mol. The fourth-order valence-electron chi connectivity index (χ4n) is 2.87. The van der Waals surface area contributed by atoms with E-state index in [4.69, 9.17) is 20.8 Å². The molecule has 0 radical (unpaired) electrons. The molecule has 1 heterocycles. The minimum absolute atomic E-state index is 0.0702. The van der Waals surface area contributed by atoms with E-state index >= 15 is 0 Å². The molecule has 3 aromatic rings. The number of halogens is 1. The van der Waals surface area contributed by atoms with Crippen LogP contribution in [0.5, 0.6) is 0 Å². The molecule has 0 saturated heterocycles. The molecule has 174 valence electrons. The Labute approximate surface area is 196 Å². The van der Waals surface area contributed by atoms with Gasteiger partial charge >= 0.3 is 5.97 Å². The van der Waals surface area contributed by atoms with Crippen molar-refractivity contribution in [1.82, 2.24) is 4.72 Å². The van der Waals surface area contributed by atoms with Gasteiger partial charge in [-0.15, -0.1) is 0 Å². The second-order valence-electron chi connectivity index (χ2n) is 7.48. The Morgan fingerprint density at radius 3 is 2.27 bits per heavy atom. The summed E-state index contributed by atoms with van der Waals surface area (Å²) in [4.78, 5) is 24.9. The summed E-state index contributed by atoms with van der Waals surface area (Å²) in [7, 11) is -3.64. The first-order valence-electron chi connectivity index (χ1n) is 10.1. The van der Waals surface area contributed by atoms with E-state index in [0.717, 1.165) is 0 Å². The van der Waals surface area contributed by atoms with Crippen molar-refractivity contribution in [3.05, 3.63) is 71.4 Å². The number of carbonyl (C=O) groups is 2. The number of hydrogen-bond acceptors (Lipinski definition) is 6.